The Bertz CT molecular complexity index is 473. The van der Waals surface area contributed by atoms with Gasteiger partial charge in [-0.25, -0.2) is 0 Å². The van der Waals surface area contributed by atoms with Crippen LogP contribution in [0.25, 0.3) is 0 Å². The van der Waals surface area contributed by atoms with E-state index < -0.39 is 0 Å². The van der Waals surface area contributed by atoms with Gasteiger partial charge in [0.2, 0.25) is 0 Å². The number of amides is 1. The van der Waals surface area contributed by atoms with Crippen molar-refractivity contribution in [2.75, 3.05) is 13.6 Å². The molecule has 0 fully saturated rings. The van der Waals surface area contributed by atoms with E-state index >= 15 is 0 Å². The number of hydrogen-bond donors (Lipinski definition) is 1. The second-order valence-corrected chi connectivity index (χ2v) is 7.15. The summed E-state index contributed by atoms with van der Waals surface area (Å²) in [7, 11) is 1.89. The summed E-state index contributed by atoms with van der Waals surface area (Å²) in [5.41, 5.74) is 8.31. The quantitative estimate of drug-likeness (QED) is 0.898. The van der Waals surface area contributed by atoms with Crippen LogP contribution in [0.4, 0.5) is 0 Å². The summed E-state index contributed by atoms with van der Waals surface area (Å²) >= 11 is 1.75. The number of carbonyl (C=O) groups excluding carboxylic acids is 1. The lowest BCUT2D eigenvalue weighted by atomic mass is 9.95. The first-order chi connectivity index (χ1) is 9.50. The van der Waals surface area contributed by atoms with Crippen molar-refractivity contribution in [1.29, 1.82) is 0 Å². The van der Waals surface area contributed by atoms with Gasteiger partial charge in [0, 0.05) is 29.9 Å². The van der Waals surface area contributed by atoms with E-state index in [1.165, 1.54) is 23.3 Å². The maximum Gasteiger partial charge on any atom is 0.254 e. The Labute approximate surface area is 138 Å². The summed E-state index contributed by atoms with van der Waals surface area (Å²) in [5, 5.41) is 2.05. The smallest absolute Gasteiger partial charge is 0.254 e. The molecule has 1 aliphatic rings. The molecule has 1 aromatic heterocycles. The molecule has 1 amide bonds. The molecule has 1 aliphatic carbocycles. The Morgan fingerprint density at radius 3 is 2.71 bits per heavy atom. The highest BCUT2D eigenvalue weighted by Crippen LogP contribution is 2.30. The first-order valence-electron chi connectivity index (χ1n) is 7.61. The molecule has 1 unspecified atom stereocenters. The van der Waals surface area contributed by atoms with E-state index in [-0.39, 0.29) is 24.4 Å². The lowest BCUT2D eigenvalue weighted by Crippen LogP contribution is -2.34. The minimum atomic E-state index is 0. The average Bonchev–Trinajstić information content (AvgIpc) is 2.87. The van der Waals surface area contributed by atoms with Gasteiger partial charge in [0.15, 0.2) is 0 Å². The standard InChI is InChI=1S/C16H26N2OS.ClH/c1-11(2)14(17)8-9-18(3)16(19)13-10-20-15-7-5-4-6-12(13)15;/h10-11,14H,4-9,17H2,1-3H3;1H. The van der Waals surface area contributed by atoms with Crippen molar-refractivity contribution in [3.63, 3.8) is 0 Å². The van der Waals surface area contributed by atoms with Crippen molar-refractivity contribution in [3.05, 3.63) is 21.4 Å². The van der Waals surface area contributed by atoms with Gasteiger partial charge >= 0.3 is 0 Å². The van der Waals surface area contributed by atoms with Gasteiger partial charge in [-0.1, -0.05) is 13.8 Å². The van der Waals surface area contributed by atoms with Crippen molar-refractivity contribution < 1.29 is 4.79 Å². The van der Waals surface area contributed by atoms with Gasteiger partial charge in [0.25, 0.3) is 5.91 Å². The summed E-state index contributed by atoms with van der Waals surface area (Å²) < 4.78 is 0. The normalized spacial score (nSPS) is 15.3. The number of nitrogens with two attached hydrogens (primary N) is 1. The maximum atomic E-state index is 12.6. The fraction of sp³-hybridized carbons (Fsp3) is 0.688. The van der Waals surface area contributed by atoms with E-state index in [1.807, 2.05) is 11.9 Å². The number of hydrogen-bond acceptors (Lipinski definition) is 3. The zero-order chi connectivity index (χ0) is 14.7. The molecule has 1 atom stereocenters. The summed E-state index contributed by atoms with van der Waals surface area (Å²) in [4.78, 5) is 15.8. The van der Waals surface area contributed by atoms with Gasteiger partial charge in [-0.3, -0.25) is 4.79 Å². The molecule has 0 radical (unpaired) electrons. The van der Waals surface area contributed by atoms with Gasteiger partial charge in [0.05, 0.1) is 5.56 Å². The highest BCUT2D eigenvalue weighted by atomic mass is 35.5. The zero-order valence-corrected chi connectivity index (χ0v) is 14.9. The number of nitrogens with zero attached hydrogens (tertiary/aromatic N) is 1. The fourth-order valence-electron chi connectivity index (χ4n) is 2.66. The molecule has 120 valence electrons. The molecule has 3 nitrogen and oxygen atoms in total. The molecule has 2 N–H and O–H groups in total. The monoisotopic (exact) mass is 330 g/mol. The molecule has 0 saturated heterocycles. The van der Waals surface area contributed by atoms with Crippen LogP contribution in [-0.4, -0.2) is 30.4 Å². The van der Waals surface area contributed by atoms with Crippen molar-refractivity contribution in [3.8, 4) is 0 Å². The molecule has 1 aromatic rings. The van der Waals surface area contributed by atoms with Crippen LogP contribution < -0.4 is 5.73 Å². The Balaban J connectivity index is 0.00000220. The first kappa shape index (κ1) is 18.5. The molecular formula is C16H27ClN2OS. The second-order valence-electron chi connectivity index (χ2n) is 6.18. The molecular weight excluding hydrogens is 304 g/mol. The molecule has 0 aliphatic heterocycles. The van der Waals surface area contributed by atoms with Crippen LogP contribution in [0.1, 0.15) is 53.9 Å². The van der Waals surface area contributed by atoms with Gasteiger partial charge < -0.3 is 10.6 Å². The highest BCUT2D eigenvalue weighted by molar-refractivity contribution is 7.10. The van der Waals surface area contributed by atoms with E-state index in [4.69, 9.17) is 5.73 Å². The Morgan fingerprint density at radius 2 is 2.05 bits per heavy atom. The van der Waals surface area contributed by atoms with Crippen molar-refractivity contribution >= 4 is 29.7 Å². The number of thiophene rings is 1. The molecule has 1 heterocycles. The van der Waals surface area contributed by atoms with E-state index in [2.05, 4.69) is 19.2 Å². The van der Waals surface area contributed by atoms with Gasteiger partial charge in [-0.2, -0.15) is 0 Å². The third-order valence-electron chi connectivity index (χ3n) is 4.29. The fourth-order valence-corrected chi connectivity index (χ4v) is 3.78. The Morgan fingerprint density at radius 1 is 1.38 bits per heavy atom. The Hall–Kier alpha value is -0.580. The van der Waals surface area contributed by atoms with Crippen LogP contribution in [-0.2, 0) is 12.8 Å². The minimum Gasteiger partial charge on any atom is -0.342 e. The molecule has 2 rings (SSSR count). The van der Waals surface area contributed by atoms with Gasteiger partial charge in [0.1, 0.15) is 0 Å². The van der Waals surface area contributed by atoms with Crippen LogP contribution in [0.2, 0.25) is 0 Å². The second kappa shape index (κ2) is 8.16. The largest absolute Gasteiger partial charge is 0.342 e. The van der Waals surface area contributed by atoms with Crippen LogP contribution in [0, 0.1) is 5.92 Å². The van der Waals surface area contributed by atoms with E-state index in [1.54, 1.807) is 11.3 Å². The number of halogens is 1. The lowest BCUT2D eigenvalue weighted by Gasteiger charge is -2.22. The summed E-state index contributed by atoms with van der Waals surface area (Å²) in [6, 6.07) is 0.168. The van der Waals surface area contributed by atoms with Crippen LogP contribution in [0.5, 0.6) is 0 Å². The lowest BCUT2D eigenvalue weighted by molar-refractivity contribution is 0.0788. The molecule has 0 bridgehead atoms. The van der Waals surface area contributed by atoms with Crippen molar-refractivity contribution in [2.45, 2.75) is 52.0 Å². The van der Waals surface area contributed by atoms with Gasteiger partial charge in [-0.15, -0.1) is 23.7 Å². The Kier molecular flexibility index (Phi) is 7.17. The van der Waals surface area contributed by atoms with Crippen LogP contribution in [0.15, 0.2) is 5.38 Å². The van der Waals surface area contributed by atoms with Gasteiger partial charge in [-0.05, 0) is 43.6 Å². The van der Waals surface area contributed by atoms with Crippen LogP contribution >= 0.6 is 23.7 Å². The minimum absolute atomic E-state index is 0. The number of rotatable bonds is 5. The molecule has 0 aromatic carbocycles. The number of aryl methyl sites for hydroxylation is 1. The topological polar surface area (TPSA) is 46.3 Å². The summed E-state index contributed by atoms with van der Waals surface area (Å²) in [5.74, 6) is 0.632. The van der Waals surface area contributed by atoms with Crippen molar-refractivity contribution in [1.82, 2.24) is 4.90 Å². The SMILES string of the molecule is CC(C)C(N)CCN(C)C(=O)c1csc2c1CCCC2.Cl. The summed E-state index contributed by atoms with van der Waals surface area (Å²) in [6.45, 7) is 4.99. The number of fused-ring (bicyclic) bond motifs is 1. The van der Waals surface area contributed by atoms with Crippen molar-refractivity contribution in [2.24, 2.45) is 11.7 Å². The predicted octanol–water partition coefficient (Wildman–Crippen LogP) is 3.49. The third-order valence-corrected chi connectivity index (χ3v) is 5.38. The average molecular weight is 331 g/mol. The molecule has 0 spiro atoms. The predicted molar refractivity (Wildman–Crippen MR) is 92.6 cm³/mol. The van der Waals surface area contributed by atoms with E-state index in [9.17, 15) is 4.79 Å². The zero-order valence-electron chi connectivity index (χ0n) is 13.2. The van der Waals surface area contributed by atoms with Crippen LogP contribution in [0.3, 0.4) is 0 Å². The molecule has 0 saturated carbocycles. The number of carbonyl (C=O) groups is 1. The summed E-state index contributed by atoms with van der Waals surface area (Å²) in [6.07, 6.45) is 5.56. The molecule has 21 heavy (non-hydrogen) atoms. The maximum absolute atomic E-state index is 12.6. The molecule has 5 heteroatoms. The first-order valence-corrected chi connectivity index (χ1v) is 8.49. The van der Waals surface area contributed by atoms with E-state index in [0.29, 0.717) is 5.92 Å². The van der Waals surface area contributed by atoms with E-state index in [0.717, 1.165) is 31.4 Å². The third kappa shape index (κ3) is 4.44. The highest BCUT2D eigenvalue weighted by Gasteiger charge is 2.22.